The third kappa shape index (κ3) is 7.54. The fourth-order valence-electron chi connectivity index (χ4n) is 3.45. The molecule has 2 N–H and O–H groups in total. The lowest BCUT2D eigenvalue weighted by Crippen LogP contribution is -2.40. The summed E-state index contributed by atoms with van der Waals surface area (Å²) < 4.78 is 5.59. The third-order valence-electron chi connectivity index (χ3n) is 5.19. The van der Waals surface area contributed by atoms with Crippen LogP contribution < -0.4 is 10.6 Å². The first-order valence-electron chi connectivity index (χ1n) is 9.49. The Balaban J connectivity index is 0.00000312. The molecule has 6 heteroatoms. The van der Waals surface area contributed by atoms with Crippen LogP contribution in [0, 0.1) is 25.7 Å². The van der Waals surface area contributed by atoms with Crippen molar-refractivity contribution >= 4 is 29.9 Å². The minimum absolute atomic E-state index is 0. The van der Waals surface area contributed by atoms with Crippen molar-refractivity contribution in [3.8, 4) is 0 Å². The molecule has 1 aromatic heterocycles. The molecule has 0 saturated heterocycles. The van der Waals surface area contributed by atoms with Gasteiger partial charge in [0.05, 0.1) is 12.2 Å². The van der Waals surface area contributed by atoms with E-state index in [1.165, 1.54) is 44.9 Å². The van der Waals surface area contributed by atoms with Gasteiger partial charge in [0.1, 0.15) is 5.76 Å². The molecule has 1 aromatic rings. The summed E-state index contributed by atoms with van der Waals surface area (Å²) in [5, 5.41) is 6.74. The van der Waals surface area contributed by atoms with Crippen molar-refractivity contribution in [1.82, 2.24) is 15.6 Å². The Hall–Kier alpha value is -0.790. The Morgan fingerprint density at radius 3 is 2.40 bits per heavy atom. The van der Waals surface area contributed by atoms with Crippen LogP contribution in [0.3, 0.4) is 0 Å². The lowest BCUT2D eigenvalue weighted by atomic mass is 9.80. The average molecular weight is 462 g/mol. The van der Waals surface area contributed by atoms with Crippen molar-refractivity contribution in [3.05, 3.63) is 17.3 Å². The maximum atomic E-state index is 5.59. The number of guanidine groups is 1. The van der Waals surface area contributed by atoms with E-state index in [2.05, 4.69) is 27.5 Å². The van der Waals surface area contributed by atoms with Crippen LogP contribution in [0.25, 0.3) is 0 Å². The Labute approximate surface area is 169 Å². The highest BCUT2D eigenvalue weighted by molar-refractivity contribution is 14.0. The summed E-state index contributed by atoms with van der Waals surface area (Å²) in [5.74, 6) is 4.17. The lowest BCUT2D eigenvalue weighted by Gasteiger charge is -2.29. The minimum atomic E-state index is 0. The van der Waals surface area contributed by atoms with E-state index < -0.39 is 0 Å². The van der Waals surface area contributed by atoms with Gasteiger partial charge in [0.25, 0.3) is 0 Å². The van der Waals surface area contributed by atoms with E-state index in [-0.39, 0.29) is 24.0 Å². The van der Waals surface area contributed by atoms with Gasteiger partial charge in [-0.05, 0) is 38.5 Å². The third-order valence-corrected chi connectivity index (χ3v) is 5.19. The molecule has 2 rings (SSSR count). The highest BCUT2D eigenvalue weighted by Crippen LogP contribution is 2.31. The molecule has 1 fully saturated rings. The largest absolute Gasteiger partial charge is 0.444 e. The molecule has 1 saturated carbocycles. The molecule has 0 atom stereocenters. The van der Waals surface area contributed by atoms with Crippen LogP contribution in [-0.4, -0.2) is 24.5 Å². The normalized spacial score (nSPS) is 20.9. The molecule has 5 nitrogen and oxygen atoms in total. The van der Waals surface area contributed by atoms with Crippen LogP contribution in [0.15, 0.2) is 9.41 Å². The van der Waals surface area contributed by atoms with Crippen LogP contribution >= 0.6 is 24.0 Å². The van der Waals surface area contributed by atoms with Crippen molar-refractivity contribution in [1.29, 1.82) is 0 Å². The first-order valence-corrected chi connectivity index (χ1v) is 9.49. The number of hydrogen-bond donors (Lipinski definition) is 2. The van der Waals surface area contributed by atoms with Gasteiger partial charge in [0, 0.05) is 13.6 Å². The maximum absolute atomic E-state index is 5.59. The second-order valence-electron chi connectivity index (χ2n) is 7.08. The number of aromatic nitrogens is 1. The predicted octanol–water partition coefficient (Wildman–Crippen LogP) is 4.57. The van der Waals surface area contributed by atoms with Crippen LogP contribution in [0.2, 0.25) is 0 Å². The molecule has 144 valence electrons. The van der Waals surface area contributed by atoms with Crippen LogP contribution in [0.5, 0.6) is 0 Å². The summed E-state index contributed by atoms with van der Waals surface area (Å²) in [6.45, 7) is 7.76. The number of aliphatic imine (C=N–C) groups is 1. The topological polar surface area (TPSA) is 62.5 Å². The standard InChI is InChI=1S/C19H34N4O.HI/c1-5-6-7-16-8-10-17(11-9-16)12-21-19(20-4)22-13-18-23-14(2)15(3)24-18;/h16-17H,5-13H2,1-4H3,(H2,20,21,22);1H. The summed E-state index contributed by atoms with van der Waals surface area (Å²) in [6.07, 6.45) is 9.62. The monoisotopic (exact) mass is 462 g/mol. The summed E-state index contributed by atoms with van der Waals surface area (Å²) in [6, 6.07) is 0. The van der Waals surface area contributed by atoms with E-state index in [0.29, 0.717) is 12.4 Å². The van der Waals surface area contributed by atoms with Crippen molar-refractivity contribution in [2.45, 2.75) is 72.3 Å². The molecule has 1 aliphatic carbocycles. The van der Waals surface area contributed by atoms with Gasteiger partial charge in [0.15, 0.2) is 5.96 Å². The van der Waals surface area contributed by atoms with Gasteiger partial charge in [-0.3, -0.25) is 4.99 Å². The van der Waals surface area contributed by atoms with Crippen molar-refractivity contribution in [2.24, 2.45) is 16.8 Å². The van der Waals surface area contributed by atoms with Crippen molar-refractivity contribution < 1.29 is 4.42 Å². The highest BCUT2D eigenvalue weighted by atomic mass is 127. The van der Waals surface area contributed by atoms with Crippen molar-refractivity contribution in [3.63, 3.8) is 0 Å². The van der Waals surface area contributed by atoms with Crippen LogP contribution in [-0.2, 0) is 6.54 Å². The SMILES string of the molecule is CCCCC1CCC(CNC(=NC)NCc2nc(C)c(C)o2)CC1.I. The quantitative estimate of drug-likeness (QED) is 0.354. The summed E-state index contributed by atoms with van der Waals surface area (Å²) in [7, 11) is 1.81. The number of oxazole rings is 1. The molecule has 0 unspecified atom stereocenters. The molecule has 0 spiro atoms. The number of aryl methyl sites for hydroxylation is 2. The summed E-state index contributed by atoms with van der Waals surface area (Å²) in [5.41, 5.74) is 0.953. The Morgan fingerprint density at radius 2 is 1.84 bits per heavy atom. The number of nitrogens with zero attached hydrogens (tertiary/aromatic N) is 2. The smallest absolute Gasteiger partial charge is 0.214 e. The second kappa shape index (κ2) is 11.8. The molecule has 0 aliphatic heterocycles. The van der Waals surface area contributed by atoms with E-state index in [1.807, 2.05) is 20.9 Å². The van der Waals surface area contributed by atoms with Crippen LogP contribution in [0.1, 0.15) is 69.2 Å². The molecule has 1 heterocycles. The molecule has 0 bridgehead atoms. The van der Waals surface area contributed by atoms with Gasteiger partial charge in [-0.15, -0.1) is 24.0 Å². The van der Waals surface area contributed by atoms with Gasteiger partial charge in [-0.2, -0.15) is 0 Å². The zero-order chi connectivity index (χ0) is 17.4. The molecule has 0 aromatic carbocycles. The van der Waals surface area contributed by atoms with E-state index in [9.17, 15) is 0 Å². The number of nitrogens with one attached hydrogen (secondary N) is 2. The zero-order valence-electron chi connectivity index (χ0n) is 16.2. The van der Waals surface area contributed by atoms with E-state index in [0.717, 1.165) is 35.8 Å². The second-order valence-corrected chi connectivity index (χ2v) is 7.08. The Morgan fingerprint density at radius 1 is 1.16 bits per heavy atom. The number of unbranched alkanes of at least 4 members (excludes halogenated alkanes) is 1. The predicted molar refractivity (Wildman–Crippen MR) is 115 cm³/mol. The van der Waals surface area contributed by atoms with Gasteiger partial charge in [0.2, 0.25) is 5.89 Å². The van der Waals surface area contributed by atoms with E-state index >= 15 is 0 Å². The number of rotatable bonds is 7. The lowest BCUT2D eigenvalue weighted by molar-refractivity contribution is 0.259. The van der Waals surface area contributed by atoms with Gasteiger partial charge in [-0.25, -0.2) is 4.98 Å². The molecular weight excluding hydrogens is 427 g/mol. The van der Waals surface area contributed by atoms with Gasteiger partial charge in [-0.1, -0.05) is 39.0 Å². The van der Waals surface area contributed by atoms with Crippen molar-refractivity contribution in [2.75, 3.05) is 13.6 Å². The van der Waals surface area contributed by atoms with E-state index in [1.54, 1.807) is 0 Å². The minimum Gasteiger partial charge on any atom is -0.444 e. The average Bonchev–Trinajstić information content (AvgIpc) is 2.92. The molecule has 0 amide bonds. The number of hydrogen-bond acceptors (Lipinski definition) is 3. The first kappa shape index (κ1) is 22.3. The van der Waals surface area contributed by atoms with E-state index in [4.69, 9.17) is 4.42 Å². The zero-order valence-corrected chi connectivity index (χ0v) is 18.6. The fourth-order valence-corrected chi connectivity index (χ4v) is 3.45. The summed E-state index contributed by atoms with van der Waals surface area (Å²) in [4.78, 5) is 8.68. The highest BCUT2D eigenvalue weighted by Gasteiger charge is 2.20. The Bertz CT molecular complexity index is 502. The Kier molecular flexibility index (Phi) is 10.5. The molecule has 1 aliphatic rings. The molecular formula is C19H35IN4O. The first-order chi connectivity index (χ1) is 11.6. The maximum Gasteiger partial charge on any atom is 0.214 e. The van der Waals surface area contributed by atoms with Gasteiger partial charge < -0.3 is 15.1 Å². The van der Waals surface area contributed by atoms with Gasteiger partial charge >= 0.3 is 0 Å². The summed E-state index contributed by atoms with van der Waals surface area (Å²) >= 11 is 0. The fraction of sp³-hybridized carbons (Fsp3) is 0.789. The molecule has 0 radical (unpaired) electrons. The van der Waals surface area contributed by atoms with Crippen LogP contribution in [0.4, 0.5) is 0 Å². The molecule has 25 heavy (non-hydrogen) atoms. The number of halogens is 1.